The summed E-state index contributed by atoms with van der Waals surface area (Å²) in [5, 5.41) is 7.11. The van der Waals surface area contributed by atoms with E-state index >= 15 is 0 Å². The maximum Gasteiger partial charge on any atom is 0.233 e. The van der Waals surface area contributed by atoms with Crippen molar-refractivity contribution in [2.24, 2.45) is 0 Å². The van der Waals surface area contributed by atoms with E-state index in [-0.39, 0.29) is 23.6 Å². The monoisotopic (exact) mass is 277 g/mol. The van der Waals surface area contributed by atoms with Crippen LogP contribution in [0, 0.1) is 5.82 Å². The van der Waals surface area contributed by atoms with E-state index in [9.17, 15) is 4.39 Å². The molecule has 5 nitrogen and oxygen atoms in total. The third kappa shape index (κ3) is 2.44. The largest absolute Gasteiger partial charge is 0.381 e. The van der Waals surface area contributed by atoms with Crippen LogP contribution < -0.4 is 5.32 Å². The Hall–Kier alpha value is -1.79. The fourth-order valence-electron chi connectivity index (χ4n) is 2.46. The number of nitrogens with zero attached hydrogens (tertiary/aromatic N) is 2. The molecule has 2 aromatic rings. The lowest BCUT2D eigenvalue weighted by molar-refractivity contribution is 0.0516. The number of halogens is 1. The summed E-state index contributed by atoms with van der Waals surface area (Å²) in [4.78, 5) is 4.33. The van der Waals surface area contributed by atoms with Crippen molar-refractivity contribution in [3.05, 3.63) is 36.0 Å². The standard InChI is InChI=1S/C14H16FN3O2/c1-16-12-6-7-19-8-10(12)14-17-13(18-20-14)9-4-2-3-5-11(9)15/h2-5,10,12,16H,6-8H2,1H3. The van der Waals surface area contributed by atoms with Crippen molar-refractivity contribution in [3.63, 3.8) is 0 Å². The van der Waals surface area contributed by atoms with Gasteiger partial charge in [0.25, 0.3) is 0 Å². The number of aromatic nitrogens is 2. The van der Waals surface area contributed by atoms with Gasteiger partial charge in [-0.1, -0.05) is 17.3 Å². The minimum absolute atomic E-state index is 0.00164. The average Bonchev–Trinajstić information content (AvgIpc) is 2.97. The van der Waals surface area contributed by atoms with Crippen molar-refractivity contribution in [1.29, 1.82) is 0 Å². The van der Waals surface area contributed by atoms with Gasteiger partial charge < -0.3 is 14.6 Å². The minimum atomic E-state index is -0.357. The van der Waals surface area contributed by atoms with Gasteiger partial charge in [0, 0.05) is 12.6 Å². The Labute approximate surface area is 116 Å². The third-order valence-electron chi connectivity index (χ3n) is 3.60. The molecule has 0 radical (unpaired) electrons. The Bertz CT molecular complexity index is 587. The Balaban J connectivity index is 1.88. The number of hydrogen-bond acceptors (Lipinski definition) is 5. The topological polar surface area (TPSA) is 60.2 Å². The molecule has 0 saturated carbocycles. The first-order valence-electron chi connectivity index (χ1n) is 6.63. The molecule has 0 bridgehead atoms. The smallest absolute Gasteiger partial charge is 0.233 e. The highest BCUT2D eigenvalue weighted by Crippen LogP contribution is 2.27. The predicted molar refractivity (Wildman–Crippen MR) is 70.7 cm³/mol. The molecular formula is C14H16FN3O2. The lowest BCUT2D eigenvalue weighted by atomic mass is 9.96. The number of hydrogen-bond donors (Lipinski definition) is 1. The number of benzene rings is 1. The quantitative estimate of drug-likeness (QED) is 0.929. The zero-order valence-corrected chi connectivity index (χ0v) is 11.2. The van der Waals surface area contributed by atoms with Crippen molar-refractivity contribution in [2.75, 3.05) is 20.3 Å². The summed E-state index contributed by atoms with van der Waals surface area (Å²) in [5.74, 6) is 0.410. The summed E-state index contributed by atoms with van der Waals surface area (Å²) >= 11 is 0. The fraction of sp³-hybridized carbons (Fsp3) is 0.429. The van der Waals surface area contributed by atoms with E-state index in [0.29, 0.717) is 18.1 Å². The molecule has 1 N–H and O–H groups in total. The Morgan fingerprint density at radius 1 is 1.35 bits per heavy atom. The van der Waals surface area contributed by atoms with Crippen LogP contribution in [-0.4, -0.2) is 36.4 Å². The molecule has 2 unspecified atom stereocenters. The van der Waals surface area contributed by atoms with Gasteiger partial charge in [-0.3, -0.25) is 0 Å². The first kappa shape index (κ1) is 13.2. The van der Waals surface area contributed by atoms with E-state index in [1.165, 1.54) is 6.07 Å². The maximum atomic E-state index is 13.7. The van der Waals surface area contributed by atoms with Gasteiger partial charge in [0.15, 0.2) is 0 Å². The van der Waals surface area contributed by atoms with E-state index in [1.807, 2.05) is 7.05 Å². The predicted octanol–water partition coefficient (Wildman–Crippen LogP) is 1.97. The van der Waals surface area contributed by atoms with Gasteiger partial charge >= 0.3 is 0 Å². The van der Waals surface area contributed by atoms with E-state index < -0.39 is 0 Å². The second-order valence-electron chi connectivity index (χ2n) is 4.80. The Morgan fingerprint density at radius 2 is 2.20 bits per heavy atom. The molecule has 1 fully saturated rings. The molecule has 1 aromatic carbocycles. The second kappa shape index (κ2) is 5.68. The molecule has 106 valence electrons. The number of ether oxygens (including phenoxy) is 1. The highest BCUT2D eigenvalue weighted by molar-refractivity contribution is 5.54. The van der Waals surface area contributed by atoms with Crippen LogP contribution in [0.25, 0.3) is 11.4 Å². The van der Waals surface area contributed by atoms with Gasteiger partial charge in [-0.05, 0) is 25.6 Å². The molecular weight excluding hydrogens is 261 g/mol. The van der Waals surface area contributed by atoms with Gasteiger partial charge in [-0.25, -0.2) is 4.39 Å². The summed E-state index contributed by atoms with van der Waals surface area (Å²) in [5.41, 5.74) is 0.347. The van der Waals surface area contributed by atoms with Gasteiger partial charge in [0.2, 0.25) is 11.7 Å². The van der Waals surface area contributed by atoms with Crippen LogP contribution in [0.3, 0.4) is 0 Å². The molecule has 0 amide bonds. The lowest BCUT2D eigenvalue weighted by Gasteiger charge is -2.28. The van der Waals surface area contributed by atoms with Crippen molar-refractivity contribution in [3.8, 4) is 11.4 Å². The first-order valence-corrected chi connectivity index (χ1v) is 6.63. The van der Waals surface area contributed by atoms with E-state index in [1.54, 1.807) is 18.2 Å². The minimum Gasteiger partial charge on any atom is -0.381 e. The molecule has 1 aliphatic rings. The van der Waals surface area contributed by atoms with E-state index in [2.05, 4.69) is 15.5 Å². The summed E-state index contributed by atoms with van der Waals surface area (Å²) in [6.45, 7) is 1.25. The van der Waals surface area contributed by atoms with Crippen LogP contribution in [-0.2, 0) is 4.74 Å². The highest BCUT2D eigenvalue weighted by atomic mass is 19.1. The molecule has 20 heavy (non-hydrogen) atoms. The number of likely N-dealkylation sites (N-methyl/N-ethyl adjacent to an activating group) is 1. The summed E-state index contributed by atoms with van der Waals surface area (Å²) in [6.07, 6.45) is 0.887. The fourth-order valence-corrected chi connectivity index (χ4v) is 2.46. The van der Waals surface area contributed by atoms with Crippen molar-refractivity contribution in [1.82, 2.24) is 15.5 Å². The van der Waals surface area contributed by atoms with Crippen LogP contribution >= 0.6 is 0 Å². The summed E-state index contributed by atoms with van der Waals surface area (Å²) < 4.78 is 24.5. The van der Waals surface area contributed by atoms with Crippen LogP contribution in [0.15, 0.2) is 28.8 Å². The summed E-state index contributed by atoms with van der Waals surface area (Å²) in [7, 11) is 1.90. The van der Waals surface area contributed by atoms with E-state index in [0.717, 1.165) is 13.0 Å². The van der Waals surface area contributed by atoms with E-state index in [4.69, 9.17) is 9.26 Å². The number of rotatable bonds is 3. The van der Waals surface area contributed by atoms with Gasteiger partial charge in [-0.2, -0.15) is 4.98 Å². The van der Waals surface area contributed by atoms with Crippen molar-refractivity contribution >= 4 is 0 Å². The van der Waals surface area contributed by atoms with Gasteiger partial charge in [-0.15, -0.1) is 0 Å². The molecule has 1 saturated heterocycles. The SMILES string of the molecule is CNC1CCOCC1c1nc(-c2ccccc2F)no1. The Morgan fingerprint density at radius 3 is 3.00 bits per heavy atom. The normalized spacial score (nSPS) is 22.9. The maximum absolute atomic E-state index is 13.7. The molecule has 1 aliphatic heterocycles. The van der Waals surface area contributed by atoms with Crippen molar-refractivity contribution < 1.29 is 13.7 Å². The molecule has 3 rings (SSSR count). The third-order valence-corrected chi connectivity index (χ3v) is 3.60. The lowest BCUT2D eigenvalue weighted by Crippen LogP contribution is -2.39. The zero-order chi connectivity index (χ0) is 13.9. The molecule has 1 aromatic heterocycles. The average molecular weight is 277 g/mol. The molecule has 2 heterocycles. The van der Waals surface area contributed by atoms with Crippen LogP contribution in [0.1, 0.15) is 18.2 Å². The van der Waals surface area contributed by atoms with Crippen molar-refractivity contribution in [2.45, 2.75) is 18.4 Å². The zero-order valence-electron chi connectivity index (χ0n) is 11.2. The van der Waals surface area contributed by atoms with Gasteiger partial charge in [0.1, 0.15) is 5.82 Å². The van der Waals surface area contributed by atoms with Gasteiger partial charge in [0.05, 0.1) is 18.1 Å². The first-order chi connectivity index (χ1) is 9.79. The van der Waals surface area contributed by atoms with Crippen LogP contribution in [0.5, 0.6) is 0 Å². The second-order valence-corrected chi connectivity index (χ2v) is 4.80. The molecule has 0 aliphatic carbocycles. The molecule has 2 atom stereocenters. The molecule has 0 spiro atoms. The molecule has 6 heteroatoms. The highest BCUT2D eigenvalue weighted by Gasteiger charge is 2.31. The summed E-state index contributed by atoms with van der Waals surface area (Å²) in [6, 6.07) is 6.63. The number of nitrogens with one attached hydrogen (secondary N) is 1. The van der Waals surface area contributed by atoms with Crippen LogP contribution in [0.2, 0.25) is 0 Å². The van der Waals surface area contributed by atoms with Crippen LogP contribution in [0.4, 0.5) is 4.39 Å². The Kier molecular flexibility index (Phi) is 3.75.